The Bertz CT molecular complexity index is 1410. The molecule has 3 aromatic rings. The van der Waals surface area contributed by atoms with Crippen LogP contribution in [-0.4, -0.2) is 41.5 Å². The highest BCUT2D eigenvalue weighted by Gasteiger charge is 2.26. The van der Waals surface area contributed by atoms with Crippen molar-refractivity contribution in [2.24, 2.45) is 5.16 Å². The summed E-state index contributed by atoms with van der Waals surface area (Å²) in [6.07, 6.45) is 1.25. The number of aromatic nitrogens is 2. The quantitative estimate of drug-likeness (QED) is 0.543. The van der Waals surface area contributed by atoms with Crippen LogP contribution in [0.5, 0.6) is 6.01 Å². The van der Waals surface area contributed by atoms with Crippen molar-refractivity contribution in [2.75, 3.05) is 13.1 Å². The Morgan fingerprint density at radius 2 is 1.88 bits per heavy atom. The van der Waals surface area contributed by atoms with Crippen LogP contribution in [0.3, 0.4) is 0 Å². The van der Waals surface area contributed by atoms with Gasteiger partial charge in [-0.3, -0.25) is 9.78 Å². The lowest BCUT2D eigenvalue weighted by molar-refractivity contribution is 0.303. The van der Waals surface area contributed by atoms with Crippen molar-refractivity contribution in [1.82, 2.24) is 14.3 Å². The minimum atomic E-state index is -3.44. The van der Waals surface area contributed by atoms with Gasteiger partial charge in [0.2, 0.25) is 15.7 Å². The fourth-order valence-electron chi connectivity index (χ4n) is 3.66. The number of nitrogens with one attached hydrogen (secondary N) is 1. The third-order valence-electron chi connectivity index (χ3n) is 5.48. The first kappa shape index (κ1) is 22.9. The van der Waals surface area contributed by atoms with E-state index >= 15 is 0 Å². The SMILES string of the molecule is CCc1cc(=O)oc2nc(ON=C3CCN(S(=O)(=O)Cc4ccc(C)cc4)CC3)[nH]c(=O)c12. The van der Waals surface area contributed by atoms with Gasteiger partial charge in [-0.05, 0) is 24.5 Å². The van der Waals surface area contributed by atoms with E-state index in [2.05, 4.69) is 15.1 Å². The number of oxime groups is 1. The van der Waals surface area contributed by atoms with Crippen molar-refractivity contribution >= 4 is 26.8 Å². The second-order valence-electron chi connectivity index (χ2n) is 7.89. The van der Waals surface area contributed by atoms with E-state index in [1.54, 1.807) is 0 Å². The minimum absolute atomic E-state index is 0.0521. The molecule has 1 aromatic carbocycles. The topological polar surface area (TPSA) is 135 Å². The van der Waals surface area contributed by atoms with Crippen molar-refractivity contribution in [3.63, 3.8) is 0 Å². The highest BCUT2D eigenvalue weighted by Crippen LogP contribution is 2.18. The summed E-state index contributed by atoms with van der Waals surface area (Å²) < 4.78 is 32.0. The van der Waals surface area contributed by atoms with E-state index in [9.17, 15) is 18.0 Å². The molecule has 0 bridgehead atoms. The summed E-state index contributed by atoms with van der Waals surface area (Å²) >= 11 is 0. The van der Waals surface area contributed by atoms with Crippen LogP contribution in [0.1, 0.15) is 36.5 Å². The van der Waals surface area contributed by atoms with Crippen LogP contribution in [0.2, 0.25) is 0 Å². The van der Waals surface area contributed by atoms with Gasteiger partial charge in [-0.25, -0.2) is 17.5 Å². The van der Waals surface area contributed by atoms with E-state index in [-0.39, 0.29) is 36.0 Å². The molecule has 33 heavy (non-hydrogen) atoms. The fourth-order valence-corrected chi connectivity index (χ4v) is 5.19. The first-order chi connectivity index (χ1) is 15.7. The Balaban J connectivity index is 1.43. The molecule has 1 N–H and O–H groups in total. The van der Waals surface area contributed by atoms with Crippen molar-refractivity contribution in [1.29, 1.82) is 0 Å². The lowest BCUT2D eigenvalue weighted by Crippen LogP contribution is -2.39. The average Bonchev–Trinajstić information content (AvgIpc) is 2.78. The normalized spacial score (nSPS) is 15.0. The second-order valence-corrected chi connectivity index (χ2v) is 9.85. The highest BCUT2D eigenvalue weighted by molar-refractivity contribution is 7.88. The predicted octanol–water partition coefficient (Wildman–Crippen LogP) is 2.11. The third kappa shape index (κ3) is 5.20. The maximum atomic E-state index is 12.7. The van der Waals surface area contributed by atoms with Crippen LogP contribution in [0, 0.1) is 6.92 Å². The maximum absolute atomic E-state index is 12.7. The van der Waals surface area contributed by atoms with Gasteiger partial charge in [-0.2, -0.15) is 4.98 Å². The number of rotatable bonds is 6. The van der Waals surface area contributed by atoms with Gasteiger partial charge in [0.1, 0.15) is 5.39 Å². The number of nitrogens with zero attached hydrogens (tertiary/aromatic N) is 3. The number of aryl methyl sites for hydroxylation is 2. The molecule has 0 aliphatic carbocycles. The van der Waals surface area contributed by atoms with E-state index < -0.39 is 21.2 Å². The van der Waals surface area contributed by atoms with Gasteiger partial charge in [-0.15, -0.1) is 0 Å². The molecule has 0 amide bonds. The van der Waals surface area contributed by atoms with E-state index in [4.69, 9.17) is 9.25 Å². The number of benzene rings is 1. The number of hydrogen-bond acceptors (Lipinski definition) is 8. The number of H-pyrrole nitrogens is 1. The third-order valence-corrected chi connectivity index (χ3v) is 7.33. The zero-order valence-electron chi connectivity index (χ0n) is 18.3. The van der Waals surface area contributed by atoms with Gasteiger partial charge in [0.05, 0.1) is 11.5 Å². The molecule has 11 heteroatoms. The number of sulfonamides is 1. The molecule has 0 spiro atoms. The van der Waals surface area contributed by atoms with Gasteiger partial charge >= 0.3 is 11.6 Å². The molecule has 1 aliphatic heterocycles. The van der Waals surface area contributed by atoms with Gasteiger partial charge < -0.3 is 9.25 Å². The van der Waals surface area contributed by atoms with Crippen LogP contribution in [-0.2, 0) is 22.2 Å². The number of piperidine rings is 1. The summed E-state index contributed by atoms with van der Waals surface area (Å²) in [5.41, 5.74) is 1.78. The van der Waals surface area contributed by atoms with Crippen molar-refractivity contribution in [3.05, 3.63) is 67.8 Å². The van der Waals surface area contributed by atoms with Crippen LogP contribution in [0.15, 0.2) is 49.5 Å². The second kappa shape index (κ2) is 9.28. The summed E-state index contributed by atoms with van der Waals surface area (Å²) in [4.78, 5) is 35.9. The summed E-state index contributed by atoms with van der Waals surface area (Å²) in [7, 11) is -3.44. The van der Waals surface area contributed by atoms with Gasteiger partial charge in [0, 0.05) is 32.0 Å². The number of aromatic amines is 1. The highest BCUT2D eigenvalue weighted by atomic mass is 32.2. The van der Waals surface area contributed by atoms with Gasteiger partial charge in [0.25, 0.3) is 5.56 Å². The molecule has 174 valence electrons. The average molecular weight is 473 g/mol. The van der Waals surface area contributed by atoms with E-state index in [1.165, 1.54) is 10.4 Å². The maximum Gasteiger partial charge on any atom is 0.337 e. The van der Waals surface area contributed by atoms with Crippen LogP contribution in [0.25, 0.3) is 11.1 Å². The Kier molecular flexibility index (Phi) is 6.43. The molecular formula is C22H24N4O6S. The zero-order chi connectivity index (χ0) is 23.6. The monoisotopic (exact) mass is 472 g/mol. The van der Waals surface area contributed by atoms with Crippen molar-refractivity contribution in [3.8, 4) is 6.01 Å². The van der Waals surface area contributed by atoms with E-state index in [0.717, 1.165) is 11.1 Å². The van der Waals surface area contributed by atoms with E-state index in [0.29, 0.717) is 30.5 Å². The molecule has 0 unspecified atom stereocenters. The standard InChI is InChI=1S/C22H24N4O6S/c1-3-16-12-18(27)31-21-19(16)20(28)23-22(24-21)32-25-17-8-10-26(11-9-17)33(29,30)13-15-6-4-14(2)5-7-15/h4-7,12H,3,8-11,13H2,1-2H3,(H,23,24,28). The van der Waals surface area contributed by atoms with Crippen molar-refractivity contribution in [2.45, 2.75) is 38.9 Å². The zero-order valence-corrected chi connectivity index (χ0v) is 19.1. The molecule has 4 rings (SSSR count). The Labute approximate surface area is 189 Å². The first-order valence-electron chi connectivity index (χ1n) is 10.6. The summed E-state index contributed by atoms with van der Waals surface area (Å²) in [5.74, 6) is -0.0521. The molecule has 1 aliphatic rings. The number of fused-ring (bicyclic) bond motifs is 1. The van der Waals surface area contributed by atoms with Crippen LogP contribution < -0.4 is 16.0 Å². The molecule has 10 nitrogen and oxygen atoms in total. The molecule has 3 heterocycles. The Hall–Kier alpha value is -3.31. The first-order valence-corrected chi connectivity index (χ1v) is 12.2. The van der Waals surface area contributed by atoms with Crippen LogP contribution >= 0.6 is 0 Å². The lowest BCUT2D eigenvalue weighted by atomic mass is 10.1. The van der Waals surface area contributed by atoms with Crippen LogP contribution in [0.4, 0.5) is 0 Å². The van der Waals surface area contributed by atoms with Gasteiger partial charge in [-0.1, -0.05) is 41.9 Å². The Morgan fingerprint density at radius 1 is 1.18 bits per heavy atom. The van der Waals surface area contributed by atoms with Crippen molar-refractivity contribution < 1.29 is 17.7 Å². The minimum Gasteiger partial charge on any atom is -0.403 e. The largest absolute Gasteiger partial charge is 0.403 e. The summed E-state index contributed by atoms with van der Waals surface area (Å²) in [5, 5.41) is 4.22. The summed E-state index contributed by atoms with van der Waals surface area (Å²) in [6, 6.07) is 8.48. The Morgan fingerprint density at radius 3 is 2.55 bits per heavy atom. The lowest BCUT2D eigenvalue weighted by Gasteiger charge is -2.26. The molecular weight excluding hydrogens is 448 g/mol. The molecule has 1 fully saturated rings. The number of hydrogen-bond donors (Lipinski definition) is 1. The smallest absolute Gasteiger partial charge is 0.337 e. The van der Waals surface area contributed by atoms with E-state index in [1.807, 2.05) is 38.1 Å². The molecule has 1 saturated heterocycles. The molecule has 0 radical (unpaired) electrons. The van der Waals surface area contributed by atoms with Gasteiger partial charge in [0.15, 0.2) is 0 Å². The predicted molar refractivity (Wildman–Crippen MR) is 123 cm³/mol. The summed E-state index contributed by atoms with van der Waals surface area (Å²) in [6.45, 7) is 4.34. The fraction of sp³-hybridized carbons (Fsp3) is 0.364. The molecule has 2 aromatic heterocycles. The molecule has 0 atom stereocenters. The molecule has 0 saturated carbocycles.